The summed E-state index contributed by atoms with van der Waals surface area (Å²) in [7, 11) is 0. The second-order valence-electron chi connectivity index (χ2n) is 5.79. The molecule has 1 saturated heterocycles. The molecule has 0 bridgehead atoms. The predicted octanol–water partition coefficient (Wildman–Crippen LogP) is 2.94. The van der Waals surface area contributed by atoms with Gasteiger partial charge in [0.15, 0.2) is 0 Å². The number of carbonyl (C=O) groups is 1. The molecule has 1 amide bonds. The SMILES string of the molecule is CC(CNC(=O)CC1CCCCO1)Cc1ccccc1. The summed E-state index contributed by atoms with van der Waals surface area (Å²) in [6.45, 7) is 3.72. The molecule has 1 aromatic carbocycles. The molecule has 20 heavy (non-hydrogen) atoms. The van der Waals surface area contributed by atoms with Gasteiger partial charge in [0.05, 0.1) is 12.5 Å². The fraction of sp³-hybridized carbons (Fsp3) is 0.588. The average Bonchev–Trinajstić information content (AvgIpc) is 2.47. The van der Waals surface area contributed by atoms with E-state index in [9.17, 15) is 4.79 Å². The summed E-state index contributed by atoms with van der Waals surface area (Å²) in [5.74, 6) is 0.574. The molecule has 0 saturated carbocycles. The van der Waals surface area contributed by atoms with Gasteiger partial charge in [0.25, 0.3) is 0 Å². The maximum atomic E-state index is 11.9. The smallest absolute Gasteiger partial charge is 0.222 e. The van der Waals surface area contributed by atoms with E-state index < -0.39 is 0 Å². The van der Waals surface area contributed by atoms with Gasteiger partial charge in [-0.15, -0.1) is 0 Å². The van der Waals surface area contributed by atoms with Gasteiger partial charge in [-0.1, -0.05) is 37.3 Å². The van der Waals surface area contributed by atoms with Crippen LogP contribution in [0.2, 0.25) is 0 Å². The molecule has 0 aliphatic carbocycles. The van der Waals surface area contributed by atoms with E-state index in [1.807, 2.05) is 6.07 Å². The topological polar surface area (TPSA) is 38.3 Å². The zero-order valence-corrected chi connectivity index (χ0v) is 12.3. The Hall–Kier alpha value is -1.35. The Kier molecular flexibility index (Phi) is 6.06. The van der Waals surface area contributed by atoms with Crippen molar-refractivity contribution in [3.8, 4) is 0 Å². The molecule has 3 nitrogen and oxygen atoms in total. The zero-order chi connectivity index (χ0) is 14.2. The minimum atomic E-state index is 0.122. The second-order valence-corrected chi connectivity index (χ2v) is 5.79. The van der Waals surface area contributed by atoms with Gasteiger partial charge in [-0.3, -0.25) is 4.79 Å². The highest BCUT2D eigenvalue weighted by Crippen LogP contribution is 2.15. The molecule has 1 aliphatic heterocycles. The van der Waals surface area contributed by atoms with E-state index in [0.717, 1.165) is 32.4 Å². The number of carbonyl (C=O) groups excluding carboxylic acids is 1. The molecule has 1 N–H and O–H groups in total. The molecule has 110 valence electrons. The molecule has 1 aromatic rings. The summed E-state index contributed by atoms with van der Waals surface area (Å²) in [5, 5.41) is 3.03. The van der Waals surface area contributed by atoms with Gasteiger partial charge in [-0.2, -0.15) is 0 Å². The molecular formula is C17H25NO2. The standard InChI is InChI=1S/C17H25NO2/c1-14(11-15-7-3-2-4-8-15)13-18-17(19)12-16-9-5-6-10-20-16/h2-4,7-8,14,16H,5-6,9-13H2,1H3,(H,18,19). The number of amides is 1. The number of benzene rings is 1. The van der Waals surface area contributed by atoms with Crippen molar-refractivity contribution < 1.29 is 9.53 Å². The molecule has 2 unspecified atom stereocenters. The lowest BCUT2D eigenvalue weighted by atomic mass is 10.0. The highest BCUT2D eigenvalue weighted by molar-refractivity contribution is 5.76. The van der Waals surface area contributed by atoms with Crippen molar-refractivity contribution in [1.29, 1.82) is 0 Å². The van der Waals surface area contributed by atoms with Crippen LogP contribution in [0.25, 0.3) is 0 Å². The number of hydrogen-bond acceptors (Lipinski definition) is 2. The fourth-order valence-corrected chi connectivity index (χ4v) is 2.62. The van der Waals surface area contributed by atoms with E-state index in [2.05, 4.69) is 36.5 Å². The first-order valence-corrected chi connectivity index (χ1v) is 7.66. The zero-order valence-electron chi connectivity index (χ0n) is 12.3. The Balaban J connectivity index is 1.64. The van der Waals surface area contributed by atoms with Crippen molar-refractivity contribution in [3.05, 3.63) is 35.9 Å². The van der Waals surface area contributed by atoms with Crippen molar-refractivity contribution in [1.82, 2.24) is 5.32 Å². The minimum absolute atomic E-state index is 0.122. The largest absolute Gasteiger partial charge is 0.378 e. The van der Waals surface area contributed by atoms with Crippen LogP contribution in [0.4, 0.5) is 0 Å². The van der Waals surface area contributed by atoms with Gasteiger partial charge in [0.2, 0.25) is 5.91 Å². The summed E-state index contributed by atoms with van der Waals surface area (Å²) in [6, 6.07) is 10.4. The fourth-order valence-electron chi connectivity index (χ4n) is 2.62. The van der Waals surface area contributed by atoms with Crippen LogP contribution in [0.5, 0.6) is 0 Å². The Bertz CT molecular complexity index is 399. The maximum absolute atomic E-state index is 11.9. The van der Waals surface area contributed by atoms with Crippen molar-refractivity contribution in [2.24, 2.45) is 5.92 Å². The van der Waals surface area contributed by atoms with Gasteiger partial charge in [0, 0.05) is 13.2 Å². The maximum Gasteiger partial charge on any atom is 0.222 e. The Morgan fingerprint density at radius 1 is 1.35 bits per heavy atom. The lowest BCUT2D eigenvalue weighted by molar-refractivity contribution is -0.125. The third-order valence-electron chi connectivity index (χ3n) is 3.76. The van der Waals surface area contributed by atoms with Gasteiger partial charge >= 0.3 is 0 Å². The lowest BCUT2D eigenvalue weighted by Crippen LogP contribution is -2.33. The number of hydrogen-bond donors (Lipinski definition) is 1. The van der Waals surface area contributed by atoms with Crippen LogP contribution >= 0.6 is 0 Å². The third-order valence-corrected chi connectivity index (χ3v) is 3.76. The summed E-state index contributed by atoms with van der Waals surface area (Å²) in [6.07, 6.45) is 4.98. The van der Waals surface area contributed by atoms with Gasteiger partial charge in [-0.05, 0) is 37.2 Å². The first-order valence-electron chi connectivity index (χ1n) is 7.66. The lowest BCUT2D eigenvalue weighted by Gasteiger charge is -2.22. The first kappa shape index (κ1) is 15.0. The van der Waals surface area contributed by atoms with Crippen LogP contribution in [0.3, 0.4) is 0 Å². The van der Waals surface area contributed by atoms with Crippen LogP contribution in [0.1, 0.15) is 38.2 Å². The van der Waals surface area contributed by atoms with E-state index in [4.69, 9.17) is 4.74 Å². The van der Waals surface area contributed by atoms with E-state index in [0.29, 0.717) is 12.3 Å². The Morgan fingerprint density at radius 2 is 2.15 bits per heavy atom. The molecule has 1 aliphatic rings. The number of rotatable bonds is 6. The molecular weight excluding hydrogens is 250 g/mol. The second kappa shape index (κ2) is 8.05. The number of ether oxygens (including phenoxy) is 1. The quantitative estimate of drug-likeness (QED) is 0.867. The molecule has 0 aromatic heterocycles. The first-order chi connectivity index (χ1) is 9.74. The molecule has 0 spiro atoms. The summed E-state index contributed by atoms with van der Waals surface area (Å²) in [4.78, 5) is 11.9. The Labute approximate surface area is 121 Å². The van der Waals surface area contributed by atoms with Crippen LogP contribution in [-0.2, 0) is 16.0 Å². The highest BCUT2D eigenvalue weighted by Gasteiger charge is 2.17. The van der Waals surface area contributed by atoms with E-state index in [1.54, 1.807) is 0 Å². The third kappa shape index (κ3) is 5.33. The van der Waals surface area contributed by atoms with E-state index >= 15 is 0 Å². The number of nitrogens with one attached hydrogen (secondary N) is 1. The monoisotopic (exact) mass is 275 g/mol. The molecule has 2 rings (SSSR count). The van der Waals surface area contributed by atoms with Crippen LogP contribution in [0.15, 0.2) is 30.3 Å². The van der Waals surface area contributed by atoms with Crippen LogP contribution < -0.4 is 5.32 Å². The average molecular weight is 275 g/mol. The molecule has 1 heterocycles. The molecule has 3 heteroatoms. The van der Waals surface area contributed by atoms with Gasteiger partial charge in [-0.25, -0.2) is 0 Å². The molecule has 2 atom stereocenters. The van der Waals surface area contributed by atoms with Crippen LogP contribution in [0, 0.1) is 5.92 Å². The molecule has 1 fully saturated rings. The van der Waals surface area contributed by atoms with E-state index in [1.165, 1.54) is 12.0 Å². The van der Waals surface area contributed by atoms with Crippen molar-refractivity contribution in [2.75, 3.05) is 13.2 Å². The van der Waals surface area contributed by atoms with Crippen molar-refractivity contribution in [2.45, 2.75) is 45.1 Å². The normalized spacial score (nSPS) is 20.4. The van der Waals surface area contributed by atoms with E-state index in [-0.39, 0.29) is 12.0 Å². The van der Waals surface area contributed by atoms with Crippen molar-refractivity contribution in [3.63, 3.8) is 0 Å². The van der Waals surface area contributed by atoms with Gasteiger partial charge in [0.1, 0.15) is 0 Å². The highest BCUT2D eigenvalue weighted by atomic mass is 16.5. The Morgan fingerprint density at radius 3 is 2.85 bits per heavy atom. The molecule has 0 radical (unpaired) electrons. The van der Waals surface area contributed by atoms with Gasteiger partial charge < -0.3 is 10.1 Å². The summed E-state index contributed by atoms with van der Waals surface area (Å²) in [5.41, 5.74) is 1.32. The predicted molar refractivity (Wildman–Crippen MR) is 80.5 cm³/mol. The summed E-state index contributed by atoms with van der Waals surface area (Å²) < 4.78 is 5.59. The van der Waals surface area contributed by atoms with Crippen molar-refractivity contribution >= 4 is 5.91 Å². The summed E-state index contributed by atoms with van der Waals surface area (Å²) >= 11 is 0. The minimum Gasteiger partial charge on any atom is -0.378 e. The van der Waals surface area contributed by atoms with Crippen LogP contribution in [-0.4, -0.2) is 25.2 Å².